The van der Waals surface area contributed by atoms with E-state index in [1.54, 1.807) is 47.2 Å². The first-order valence-corrected chi connectivity index (χ1v) is 7.65. The van der Waals surface area contributed by atoms with Crippen LogP contribution in [0.4, 0.5) is 4.39 Å². The minimum atomic E-state index is -2.19. The van der Waals surface area contributed by atoms with Crippen LogP contribution in [0.25, 0.3) is 16.8 Å². The zero-order chi connectivity index (χ0) is 17.6. The first-order valence-electron chi connectivity index (χ1n) is 7.65. The zero-order valence-corrected chi connectivity index (χ0v) is 13.3. The van der Waals surface area contributed by atoms with Crippen LogP contribution in [0.15, 0.2) is 60.9 Å². The van der Waals surface area contributed by atoms with Crippen molar-refractivity contribution < 1.29 is 23.8 Å². The summed E-state index contributed by atoms with van der Waals surface area (Å²) in [6.07, 6.45) is 3.63. The van der Waals surface area contributed by atoms with E-state index in [4.69, 9.17) is 14.6 Å². The third-order valence-corrected chi connectivity index (χ3v) is 3.95. The Kier molecular flexibility index (Phi) is 3.28. The van der Waals surface area contributed by atoms with E-state index in [0.29, 0.717) is 17.2 Å². The molecule has 1 aliphatic rings. The second-order valence-electron chi connectivity index (χ2n) is 5.84. The van der Waals surface area contributed by atoms with Gasteiger partial charge in [-0.2, -0.15) is 4.39 Å². The maximum absolute atomic E-state index is 14.0. The highest BCUT2D eigenvalue weighted by molar-refractivity contribution is 5.89. The minimum Gasteiger partial charge on any atom is -0.478 e. The molecule has 126 valence electrons. The summed E-state index contributed by atoms with van der Waals surface area (Å²) in [5.74, 6) is -0.311. The molecule has 0 fully saturated rings. The average molecular weight is 339 g/mol. The number of carboxylic acids is 1. The first kappa shape index (κ1) is 15.3. The molecule has 4 rings (SSSR count). The summed E-state index contributed by atoms with van der Waals surface area (Å²) < 4.78 is 26.1. The van der Waals surface area contributed by atoms with Crippen LogP contribution < -0.4 is 9.47 Å². The molecule has 0 saturated heterocycles. The lowest BCUT2D eigenvalue weighted by Crippen LogP contribution is -2.28. The lowest BCUT2D eigenvalue weighted by Gasteiger charge is -2.11. The van der Waals surface area contributed by atoms with Crippen LogP contribution in [0, 0.1) is 0 Å². The molecule has 3 aromatic rings. The molecule has 0 amide bonds. The van der Waals surface area contributed by atoms with Crippen LogP contribution in [0.5, 0.6) is 11.5 Å². The van der Waals surface area contributed by atoms with Gasteiger partial charge in [0.05, 0.1) is 11.3 Å². The molecule has 1 aromatic heterocycles. The Hall–Kier alpha value is -3.28. The molecule has 0 spiro atoms. The van der Waals surface area contributed by atoms with Crippen LogP contribution >= 0.6 is 0 Å². The smallest absolute Gasteiger partial charge is 0.404 e. The fourth-order valence-corrected chi connectivity index (χ4v) is 2.84. The van der Waals surface area contributed by atoms with Crippen molar-refractivity contribution in [1.29, 1.82) is 0 Å². The van der Waals surface area contributed by atoms with Gasteiger partial charge in [0.15, 0.2) is 11.5 Å². The SMILES string of the molecule is CC1(F)Oc2cccc(-n3ccc(-c4cccc(C(=O)O)c4)c3)c2O1. The van der Waals surface area contributed by atoms with Gasteiger partial charge in [0.2, 0.25) is 0 Å². The standard InChI is InChI=1S/C19H14FNO4/c1-19(20)24-16-7-3-6-15(17(16)25-19)21-9-8-14(11-21)12-4-2-5-13(10-12)18(22)23/h2-11H,1H3,(H,22,23). The van der Waals surface area contributed by atoms with E-state index in [1.165, 1.54) is 6.92 Å². The van der Waals surface area contributed by atoms with Gasteiger partial charge in [-0.3, -0.25) is 0 Å². The predicted octanol–water partition coefficient (Wildman–Crippen LogP) is 4.26. The molecule has 0 saturated carbocycles. The Balaban J connectivity index is 1.73. The van der Waals surface area contributed by atoms with Crippen molar-refractivity contribution in [2.24, 2.45) is 0 Å². The van der Waals surface area contributed by atoms with Crippen LogP contribution in [0.1, 0.15) is 17.3 Å². The molecule has 1 unspecified atom stereocenters. The highest BCUT2D eigenvalue weighted by atomic mass is 19.2. The molecule has 2 heterocycles. The normalized spacial score (nSPS) is 18.3. The quantitative estimate of drug-likeness (QED) is 0.775. The van der Waals surface area contributed by atoms with Gasteiger partial charge < -0.3 is 19.1 Å². The number of carbonyl (C=O) groups is 1. The summed E-state index contributed by atoms with van der Waals surface area (Å²) >= 11 is 0. The Morgan fingerprint density at radius 3 is 2.72 bits per heavy atom. The minimum absolute atomic E-state index is 0.218. The number of aromatic nitrogens is 1. The number of aromatic carboxylic acids is 1. The van der Waals surface area contributed by atoms with Crippen LogP contribution in [0.3, 0.4) is 0 Å². The summed E-state index contributed by atoms with van der Waals surface area (Å²) in [7, 11) is 0. The summed E-state index contributed by atoms with van der Waals surface area (Å²) in [5.41, 5.74) is 2.47. The van der Waals surface area contributed by atoms with Gasteiger partial charge in [0.1, 0.15) is 0 Å². The molecule has 0 aliphatic carbocycles. The number of halogens is 1. The van der Waals surface area contributed by atoms with E-state index in [9.17, 15) is 9.18 Å². The predicted molar refractivity (Wildman–Crippen MR) is 88.9 cm³/mol. The van der Waals surface area contributed by atoms with Gasteiger partial charge in [-0.1, -0.05) is 18.2 Å². The van der Waals surface area contributed by atoms with Gasteiger partial charge in [-0.15, -0.1) is 0 Å². The summed E-state index contributed by atoms with van der Waals surface area (Å²) in [6.45, 7) is 1.20. The van der Waals surface area contributed by atoms with E-state index in [1.807, 2.05) is 18.3 Å². The highest BCUT2D eigenvalue weighted by Gasteiger charge is 2.38. The molecular formula is C19H14FNO4. The monoisotopic (exact) mass is 339 g/mol. The number of carboxylic acid groups (broad SMARTS) is 1. The molecule has 2 aromatic carbocycles. The van der Waals surface area contributed by atoms with Gasteiger partial charge in [-0.05, 0) is 41.5 Å². The number of para-hydroxylation sites is 1. The van der Waals surface area contributed by atoms with Crippen molar-refractivity contribution in [1.82, 2.24) is 4.57 Å². The molecule has 1 aliphatic heterocycles. The van der Waals surface area contributed by atoms with Crippen molar-refractivity contribution in [2.75, 3.05) is 0 Å². The third kappa shape index (κ3) is 2.71. The number of alkyl halides is 1. The molecule has 6 heteroatoms. The Morgan fingerprint density at radius 1 is 1.12 bits per heavy atom. The fourth-order valence-electron chi connectivity index (χ4n) is 2.84. The van der Waals surface area contributed by atoms with Crippen molar-refractivity contribution in [3.63, 3.8) is 0 Å². The second kappa shape index (κ2) is 5.37. The molecule has 5 nitrogen and oxygen atoms in total. The Bertz CT molecular complexity index is 977. The van der Waals surface area contributed by atoms with E-state index >= 15 is 0 Å². The first-order chi connectivity index (χ1) is 11.9. The maximum atomic E-state index is 14.0. The van der Waals surface area contributed by atoms with Crippen LogP contribution in [-0.2, 0) is 0 Å². The molecule has 25 heavy (non-hydrogen) atoms. The van der Waals surface area contributed by atoms with Gasteiger partial charge in [-0.25, -0.2) is 4.79 Å². The Morgan fingerprint density at radius 2 is 1.92 bits per heavy atom. The summed E-state index contributed by atoms with van der Waals surface area (Å²) in [6, 6.07) is 11.5. The Labute approximate surface area is 142 Å². The lowest BCUT2D eigenvalue weighted by molar-refractivity contribution is -0.173. The highest BCUT2D eigenvalue weighted by Crippen LogP contribution is 2.44. The van der Waals surface area contributed by atoms with Crippen molar-refractivity contribution in [3.8, 4) is 28.3 Å². The third-order valence-electron chi connectivity index (χ3n) is 3.95. The van der Waals surface area contributed by atoms with E-state index in [2.05, 4.69) is 0 Å². The van der Waals surface area contributed by atoms with Crippen LogP contribution in [0.2, 0.25) is 0 Å². The van der Waals surface area contributed by atoms with Gasteiger partial charge in [0.25, 0.3) is 0 Å². The van der Waals surface area contributed by atoms with Crippen molar-refractivity contribution in [2.45, 2.75) is 13.0 Å². The summed E-state index contributed by atoms with van der Waals surface area (Å²) in [5, 5.41) is 9.12. The lowest BCUT2D eigenvalue weighted by atomic mass is 10.1. The number of hydrogen-bond acceptors (Lipinski definition) is 3. The van der Waals surface area contributed by atoms with Crippen molar-refractivity contribution >= 4 is 5.97 Å². The number of benzene rings is 2. The second-order valence-corrected chi connectivity index (χ2v) is 5.84. The number of fused-ring (bicyclic) bond motifs is 1. The summed E-state index contributed by atoms with van der Waals surface area (Å²) in [4.78, 5) is 11.1. The molecule has 0 bridgehead atoms. The van der Waals surface area contributed by atoms with Gasteiger partial charge >= 0.3 is 12.0 Å². The van der Waals surface area contributed by atoms with Crippen molar-refractivity contribution in [3.05, 3.63) is 66.5 Å². The molecular weight excluding hydrogens is 325 g/mol. The number of ether oxygens (including phenoxy) is 2. The number of nitrogens with zero attached hydrogens (tertiary/aromatic N) is 1. The molecule has 0 radical (unpaired) electrons. The van der Waals surface area contributed by atoms with Crippen LogP contribution in [-0.4, -0.2) is 21.7 Å². The number of rotatable bonds is 3. The van der Waals surface area contributed by atoms with E-state index < -0.39 is 12.0 Å². The fraction of sp³-hybridized carbons (Fsp3) is 0.105. The van der Waals surface area contributed by atoms with E-state index in [0.717, 1.165) is 11.1 Å². The number of hydrogen-bond donors (Lipinski definition) is 1. The largest absolute Gasteiger partial charge is 0.478 e. The zero-order valence-electron chi connectivity index (χ0n) is 13.3. The molecule has 1 atom stereocenters. The topological polar surface area (TPSA) is 60.7 Å². The average Bonchev–Trinajstić information content (AvgIpc) is 3.17. The van der Waals surface area contributed by atoms with Gasteiger partial charge in [0, 0.05) is 19.3 Å². The van der Waals surface area contributed by atoms with E-state index in [-0.39, 0.29) is 5.56 Å². The molecule has 1 N–H and O–H groups in total. The maximum Gasteiger partial charge on any atom is 0.404 e.